The van der Waals surface area contributed by atoms with Gasteiger partial charge in [-0.25, -0.2) is 9.97 Å². The van der Waals surface area contributed by atoms with Gasteiger partial charge in [-0.3, -0.25) is 0 Å². The number of fused-ring (bicyclic) bond motifs is 1. The largest absolute Gasteiger partial charge is 0.441 e. The molecule has 0 spiro atoms. The molecule has 1 aromatic carbocycles. The number of imidazole rings is 1. The molecule has 3 aromatic rings. The summed E-state index contributed by atoms with van der Waals surface area (Å²) in [6.07, 6.45) is 3.45. The van der Waals surface area contributed by atoms with Crippen LogP contribution < -0.4 is 5.73 Å². The fraction of sp³-hybridized carbons (Fsp3) is 0.167. The summed E-state index contributed by atoms with van der Waals surface area (Å²) in [5.41, 5.74) is 8.66. The molecule has 2 heterocycles. The van der Waals surface area contributed by atoms with E-state index in [1.165, 1.54) is 0 Å². The van der Waals surface area contributed by atoms with Crippen LogP contribution in [-0.4, -0.2) is 15.0 Å². The van der Waals surface area contributed by atoms with Gasteiger partial charge < -0.3 is 15.1 Å². The summed E-state index contributed by atoms with van der Waals surface area (Å²) in [4.78, 5) is 11.4. The van der Waals surface area contributed by atoms with Gasteiger partial charge in [-0.05, 0) is 17.7 Å². The molecule has 1 unspecified atom stereocenters. The highest BCUT2D eigenvalue weighted by atomic mass is 16.3. The number of nitrogens with two attached hydrogens (primary N) is 1. The highest BCUT2D eigenvalue weighted by Crippen LogP contribution is 2.22. The van der Waals surface area contributed by atoms with Crippen LogP contribution in [0.15, 0.2) is 35.0 Å². The molecule has 5 heteroatoms. The van der Waals surface area contributed by atoms with Gasteiger partial charge in [0.15, 0.2) is 11.5 Å². The van der Waals surface area contributed by atoms with E-state index in [4.69, 9.17) is 10.2 Å². The molecule has 2 aromatic heterocycles. The van der Waals surface area contributed by atoms with Crippen molar-refractivity contribution in [2.45, 2.75) is 13.0 Å². The molecule has 0 saturated heterocycles. The van der Waals surface area contributed by atoms with Gasteiger partial charge in [0.25, 0.3) is 0 Å². The summed E-state index contributed by atoms with van der Waals surface area (Å²) in [5, 5.41) is 0. The smallest absolute Gasteiger partial charge is 0.192 e. The minimum absolute atomic E-state index is 0.272. The van der Waals surface area contributed by atoms with E-state index in [0.29, 0.717) is 5.89 Å². The molecule has 17 heavy (non-hydrogen) atoms. The number of H-pyrrole nitrogens is 1. The standard InChI is InChI=1S/C12H12N4O/c1-7-16-9-6-8(2-3-10(9)17-7)11(13)12-14-4-5-15-12/h2-6,11H,13H2,1H3,(H,14,15). The minimum atomic E-state index is -0.272. The molecule has 0 saturated carbocycles. The Labute approximate surface area is 97.7 Å². The molecular weight excluding hydrogens is 216 g/mol. The number of oxazole rings is 1. The third kappa shape index (κ3) is 1.70. The van der Waals surface area contributed by atoms with Crippen LogP contribution in [0.1, 0.15) is 23.3 Å². The van der Waals surface area contributed by atoms with Crippen LogP contribution in [0, 0.1) is 6.92 Å². The molecule has 0 fully saturated rings. The topological polar surface area (TPSA) is 80.7 Å². The van der Waals surface area contributed by atoms with Crippen LogP contribution in [0.2, 0.25) is 0 Å². The Bertz CT molecular complexity index is 642. The average molecular weight is 228 g/mol. The number of nitrogens with one attached hydrogen (secondary N) is 1. The molecule has 0 amide bonds. The zero-order valence-corrected chi connectivity index (χ0v) is 9.34. The van der Waals surface area contributed by atoms with E-state index >= 15 is 0 Å². The number of nitrogens with zero attached hydrogens (tertiary/aromatic N) is 2. The van der Waals surface area contributed by atoms with Gasteiger partial charge in [0.2, 0.25) is 0 Å². The molecule has 0 aliphatic carbocycles. The van der Waals surface area contributed by atoms with Crippen LogP contribution in [0.3, 0.4) is 0 Å². The second-order valence-electron chi connectivity index (χ2n) is 3.91. The summed E-state index contributed by atoms with van der Waals surface area (Å²) in [6.45, 7) is 1.83. The summed E-state index contributed by atoms with van der Waals surface area (Å²) in [7, 11) is 0. The second-order valence-corrected chi connectivity index (χ2v) is 3.91. The summed E-state index contributed by atoms with van der Waals surface area (Å²) in [6, 6.07) is 5.47. The molecule has 5 nitrogen and oxygen atoms in total. The highest BCUT2D eigenvalue weighted by molar-refractivity contribution is 5.73. The molecule has 0 aliphatic rings. The first kappa shape index (κ1) is 10.0. The van der Waals surface area contributed by atoms with E-state index in [-0.39, 0.29) is 6.04 Å². The Morgan fingerprint density at radius 3 is 3.06 bits per heavy atom. The van der Waals surface area contributed by atoms with Crippen LogP contribution in [-0.2, 0) is 0 Å². The first-order chi connectivity index (χ1) is 8.24. The zero-order chi connectivity index (χ0) is 11.8. The van der Waals surface area contributed by atoms with Gasteiger partial charge in [-0.1, -0.05) is 6.07 Å². The van der Waals surface area contributed by atoms with Crippen LogP contribution >= 0.6 is 0 Å². The fourth-order valence-electron chi connectivity index (χ4n) is 1.86. The maximum absolute atomic E-state index is 6.11. The van der Waals surface area contributed by atoms with E-state index in [1.807, 2.05) is 25.1 Å². The maximum Gasteiger partial charge on any atom is 0.192 e. The van der Waals surface area contributed by atoms with Gasteiger partial charge in [0.1, 0.15) is 11.3 Å². The normalized spacial score (nSPS) is 13.1. The van der Waals surface area contributed by atoms with E-state index in [1.54, 1.807) is 12.4 Å². The number of aryl methyl sites for hydroxylation is 1. The SMILES string of the molecule is Cc1nc2cc(C(N)c3ncc[nH]3)ccc2o1. The van der Waals surface area contributed by atoms with Crippen LogP contribution in [0.4, 0.5) is 0 Å². The molecule has 0 aliphatic heterocycles. The minimum Gasteiger partial charge on any atom is -0.441 e. The Balaban J connectivity index is 2.05. The lowest BCUT2D eigenvalue weighted by molar-refractivity contribution is 0.561. The van der Waals surface area contributed by atoms with E-state index < -0.39 is 0 Å². The Morgan fingerprint density at radius 2 is 2.29 bits per heavy atom. The summed E-state index contributed by atoms with van der Waals surface area (Å²) < 4.78 is 5.42. The van der Waals surface area contributed by atoms with Crippen molar-refractivity contribution in [3.05, 3.63) is 47.9 Å². The maximum atomic E-state index is 6.11. The second kappa shape index (κ2) is 3.71. The monoisotopic (exact) mass is 228 g/mol. The Morgan fingerprint density at radius 1 is 1.41 bits per heavy atom. The number of aromatic nitrogens is 3. The zero-order valence-electron chi connectivity index (χ0n) is 9.34. The van der Waals surface area contributed by atoms with E-state index in [0.717, 1.165) is 22.5 Å². The third-order valence-electron chi connectivity index (χ3n) is 2.69. The quantitative estimate of drug-likeness (QED) is 0.702. The first-order valence-corrected chi connectivity index (χ1v) is 5.36. The predicted octanol–water partition coefficient (Wildman–Crippen LogP) is 1.91. The van der Waals surface area contributed by atoms with Crippen molar-refractivity contribution in [1.29, 1.82) is 0 Å². The molecule has 3 rings (SSSR count). The van der Waals surface area contributed by atoms with E-state index in [2.05, 4.69) is 15.0 Å². The molecular formula is C12H12N4O. The lowest BCUT2D eigenvalue weighted by Gasteiger charge is -2.08. The van der Waals surface area contributed by atoms with Crippen molar-refractivity contribution in [2.24, 2.45) is 5.73 Å². The molecule has 86 valence electrons. The Kier molecular flexibility index (Phi) is 2.19. The summed E-state index contributed by atoms with van der Waals surface area (Å²) in [5.74, 6) is 1.40. The first-order valence-electron chi connectivity index (χ1n) is 5.36. The van der Waals surface area contributed by atoms with Crippen molar-refractivity contribution in [2.75, 3.05) is 0 Å². The van der Waals surface area contributed by atoms with E-state index in [9.17, 15) is 0 Å². The predicted molar refractivity (Wildman–Crippen MR) is 63.4 cm³/mol. The number of hydrogen-bond donors (Lipinski definition) is 2. The van der Waals surface area contributed by atoms with Gasteiger partial charge in [0, 0.05) is 19.3 Å². The highest BCUT2D eigenvalue weighted by Gasteiger charge is 2.12. The number of rotatable bonds is 2. The van der Waals surface area contributed by atoms with Crippen molar-refractivity contribution >= 4 is 11.1 Å². The Hall–Kier alpha value is -2.14. The fourth-order valence-corrected chi connectivity index (χ4v) is 1.86. The van der Waals surface area contributed by atoms with Crippen molar-refractivity contribution in [3.63, 3.8) is 0 Å². The number of hydrogen-bond acceptors (Lipinski definition) is 4. The van der Waals surface area contributed by atoms with Gasteiger partial charge in [0.05, 0.1) is 6.04 Å². The van der Waals surface area contributed by atoms with Crippen molar-refractivity contribution in [1.82, 2.24) is 15.0 Å². The van der Waals surface area contributed by atoms with Crippen molar-refractivity contribution in [3.8, 4) is 0 Å². The molecule has 0 radical (unpaired) electrons. The lowest BCUT2D eigenvalue weighted by atomic mass is 10.1. The van der Waals surface area contributed by atoms with Gasteiger partial charge in [-0.15, -0.1) is 0 Å². The average Bonchev–Trinajstić information content (AvgIpc) is 2.94. The molecule has 3 N–H and O–H groups in total. The number of benzene rings is 1. The van der Waals surface area contributed by atoms with Crippen LogP contribution in [0.5, 0.6) is 0 Å². The molecule has 1 atom stereocenters. The van der Waals surface area contributed by atoms with Crippen LogP contribution in [0.25, 0.3) is 11.1 Å². The number of aromatic amines is 1. The van der Waals surface area contributed by atoms with Crippen molar-refractivity contribution < 1.29 is 4.42 Å². The summed E-state index contributed by atoms with van der Waals surface area (Å²) >= 11 is 0. The lowest BCUT2D eigenvalue weighted by Crippen LogP contribution is -2.13. The molecule has 0 bridgehead atoms. The van der Waals surface area contributed by atoms with Gasteiger partial charge in [-0.2, -0.15) is 0 Å². The third-order valence-corrected chi connectivity index (χ3v) is 2.69. The van der Waals surface area contributed by atoms with Gasteiger partial charge >= 0.3 is 0 Å².